The summed E-state index contributed by atoms with van der Waals surface area (Å²) in [5, 5.41) is 4.54. The molecule has 0 aromatic carbocycles. The fourth-order valence-corrected chi connectivity index (χ4v) is 3.25. The zero-order chi connectivity index (χ0) is 10.7. The molecule has 1 aromatic heterocycles. The van der Waals surface area contributed by atoms with Crippen LogP contribution in [0.4, 0.5) is 0 Å². The van der Waals surface area contributed by atoms with Crippen LogP contribution in [0.3, 0.4) is 0 Å². The van der Waals surface area contributed by atoms with Gasteiger partial charge in [-0.2, -0.15) is 0 Å². The van der Waals surface area contributed by atoms with E-state index in [0.717, 1.165) is 0 Å². The van der Waals surface area contributed by atoms with E-state index in [-0.39, 0.29) is 0 Å². The van der Waals surface area contributed by atoms with Gasteiger partial charge in [-0.1, -0.05) is 12.8 Å². The Bertz CT molecular complexity index is 294. The lowest BCUT2D eigenvalue weighted by Crippen LogP contribution is -2.11. The van der Waals surface area contributed by atoms with Crippen LogP contribution in [0, 0.1) is 0 Å². The summed E-state index contributed by atoms with van der Waals surface area (Å²) in [5.41, 5.74) is 1.39. The molecule has 0 saturated carbocycles. The minimum atomic E-state index is 0.406. The minimum absolute atomic E-state index is 0.406. The Kier molecular flexibility index (Phi) is 3.76. The van der Waals surface area contributed by atoms with Crippen LogP contribution >= 0.6 is 11.3 Å². The maximum Gasteiger partial charge on any atom is 0.110 e. The zero-order valence-corrected chi connectivity index (χ0v) is 10.5. The topological polar surface area (TPSA) is 24.9 Å². The van der Waals surface area contributed by atoms with Gasteiger partial charge < -0.3 is 5.32 Å². The van der Waals surface area contributed by atoms with Crippen molar-refractivity contribution in [3.05, 3.63) is 15.6 Å². The van der Waals surface area contributed by atoms with Crippen molar-refractivity contribution >= 4 is 11.3 Å². The van der Waals surface area contributed by atoms with Crippen molar-refractivity contribution < 1.29 is 0 Å². The molecule has 84 valence electrons. The summed E-state index contributed by atoms with van der Waals surface area (Å²) in [6, 6.07) is 0.406. The largest absolute Gasteiger partial charge is 0.311 e. The van der Waals surface area contributed by atoms with Gasteiger partial charge in [-0.15, -0.1) is 11.3 Å². The first-order valence-corrected chi connectivity index (χ1v) is 6.78. The molecule has 1 atom stereocenters. The molecule has 1 unspecified atom stereocenters. The lowest BCUT2D eigenvalue weighted by Gasteiger charge is -2.06. The van der Waals surface area contributed by atoms with E-state index in [0.29, 0.717) is 6.04 Å². The van der Waals surface area contributed by atoms with Crippen LogP contribution in [-0.4, -0.2) is 12.0 Å². The van der Waals surface area contributed by atoms with Crippen molar-refractivity contribution in [1.29, 1.82) is 0 Å². The predicted octanol–water partition coefficient (Wildman–Crippen LogP) is 3.08. The molecule has 0 saturated heterocycles. The van der Waals surface area contributed by atoms with Crippen LogP contribution in [0.25, 0.3) is 0 Å². The Morgan fingerprint density at radius 3 is 2.67 bits per heavy atom. The van der Waals surface area contributed by atoms with Gasteiger partial charge in [-0.05, 0) is 39.7 Å². The van der Waals surface area contributed by atoms with E-state index < -0.39 is 0 Å². The number of rotatable bonds is 2. The molecule has 1 aliphatic rings. The second kappa shape index (κ2) is 5.08. The summed E-state index contributed by atoms with van der Waals surface area (Å²) in [6.45, 7) is 2.19. The summed E-state index contributed by atoms with van der Waals surface area (Å²) >= 11 is 1.92. The Morgan fingerprint density at radius 1 is 1.20 bits per heavy atom. The van der Waals surface area contributed by atoms with Crippen LogP contribution in [0.15, 0.2) is 0 Å². The molecule has 3 heteroatoms. The van der Waals surface area contributed by atoms with Crippen molar-refractivity contribution in [2.24, 2.45) is 0 Å². The van der Waals surface area contributed by atoms with Gasteiger partial charge in [0.25, 0.3) is 0 Å². The highest BCUT2D eigenvalue weighted by Crippen LogP contribution is 2.28. The van der Waals surface area contributed by atoms with Crippen LogP contribution in [0.1, 0.15) is 54.2 Å². The van der Waals surface area contributed by atoms with E-state index in [4.69, 9.17) is 4.98 Å². The van der Waals surface area contributed by atoms with E-state index >= 15 is 0 Å². The Balaban J connectivity index is 2.19. The average Bonchev–Trinajstić information content (AvgIpc) is 2.60. The third-order valence-corrected chi connectivity index (χ3v) is 4.51. The van der Waals surface area contributed by atoms with Gasteiger partial charge in [0.2, 0.25) is 0 Å². The second-order valence-electron chi connectivity index (χ2n) is 4.35. The van der Waals surface area contributed by atoms with Crippen LogP contribution in [0.5, 0.6) is 0 Å². The standard InChI is InChI=1S/C12H20N2S/c1-9(13-2)12-14-10-7-5-3-4-6-8-11(10)15-12/h9,13H,3-8H2,1-2H3. The molecule has 0 spiro atoms. The van der Waals surface area contributed by atoms with Crippen molar-refractivity contribution in [1.82, 2.24) is 10.3 Å². The van der Waals surface area contributed by atoms with Crippen molar-refractivity contribution in [2.75, 3.05) is 7.05 Å². The number of thiazole rings is 1. The molecule has 0 aliphatic heterocycles. The van der Waals surface area contributed by atoms with E-state index in [2.05, 4.69) is 12.2 Å². The summed E-state index contributed by atoms with van der Waals surface area (Å²) in [6.07, 6.45) is 7.90. The summed E-state index contributed by atoms with van der Waals surface area (Å²) < 4.78 is 0. The molecule has 15 heavy (non-hydrogen) atoms. The molecular formula is C12H20N2S. The van der Waals surface area contributed by atoms with Gasteiger partial charge >= 0.3 is 0 Å². The number of nitrogens with one attached hydrogen (secondary N) is 1. The van der Waals surface area contributed by atoms with E-state index in [1.807, 2.05) is 18.4 Å². The Hall–Kier alpha value is -0.410. The second-order valence-corrected chi connectivity index (χ2v) is 5.46. The molecule has 2 rings (SSSR count). The predicted molar refractivity (Wildman–Crippen MR) is 65.5 cm³/mol. The fourth-order valence-electron chi connectivity index (χ4n) is 2.03. The fraction of sp³-hybridized carbons (Fsp3) is 0.750. The molecule has 0 amide bonds. The first-order chi connectivity index (χ1) is 7.31. The third-order valence-electron chi connectivity index (χ3n) is 3.17. The van der Waals surface area contributed by atoms with Crippen molar-refractivity contribution in [3.8, 4) is 0 Å². The van der Waals surface area contributed by atoms with Gasteiger partial charge in [0.05, 0.1) is 11.7 Å². The molecular weight excluding hydrogens is 204 g/mol. The highest BCUT2D eigenvalue weighted by molar-refractivity contribution is 7.11. The van der Waals surface area contributed by atoms with E-state index in [1.54, 1.807) is 4.88 Å². The molecule has 1 N–H and O–H groups in total. The van der Waals surface area contributed by atoms with Gasteiger partial charge in [0, 0.05) is 4.88 Å². The highest BCUT2D eigenvalue weighted by Gasteiger charge is 2.15. The number of fused-ring (bicyclic) bond motifs is 1. The number of hydrogen-bond donors (Lipinski definition) is 1. The maximum atomic E-state index is 4.78. The van der Waals surface area contributed by atoms with Gasteiger partial charge in [-0.25, -0.2) is 4.98 Å². The maximum absolute atomic E-state index is 4.78. The Morgan fingerprint density at radius 2 is 1.93 bits per heavy atom. The molecule has 0 radical (unpaired) electrons. The highest BCUT2D eigenvalue weighted by atomic mass is 32.1. The number of hydrogen-bond acceptors (Lipinski definition) is 3. The van der Waals surface area contributed by atoms with Crippen LogP contribution in [-0.2, 0) is 12.8 Å². The van der Waals surface area contributed by atoms with Crippen LogP contribution in [0.2, 0.25) is 0 Å². The number of aromatic nitrogens is 1. The summed E-state index contributed by atoms with van der Waals surface area (Å²) in [5.74, 6) is 0. The zero-order valence-electron chi connectivity index (χ0n) is 9.68. The van der Waals surface area contributed by atoms with Crippen molar-refractivity contribution in [2.45, 2.75) is 51.5 Å². The molecule has 1 heterocycles. The van der Waals surface area contributed by atoms with Crippen molar-refractivity contribution in [3.63, 3.8) is 0 Å². The molecule has 1 aromatic rings. The normalized spacial score (nSPS) is 19.1. The van der Waals surface area contributed by atoms with Gasteiger partial charge in [0.1, 0.15) is 5.01 Å². The SMILES string of the molecule is CNC(C)c1nc2c(s1)CCCCCC2. The monoisotopic (exact) mass is 224 g/mol. The smallest absolute Gasteiger partial charge is 0.110 e. The number of aryl methyl sites for hydroxylation is 2. The average molecular weight is 224 g/mol. The lowest BCUT2D eigenvalue weighted by atomic mass is 10.0. The minimum Gasteiger partial charge on any atom is -0.311 e. The van der Waals surface area contributed by atoms with E-state index in [9.17, 15) is 0 Å². The quantitative estimate of drug-likeness (QED) is 0.835. The van der Waals surface area contributed by atoms with Gasteiger partial charge in [0.15, 0.2) is 0 Å². The summed E-state index contributed by atoms with van der Waals surface area (Å²) in [4.78, 5) is 6.33. The number of nitrogens with zero attached hydrogens (tertiary/aromatic N) is 1. The molecule has 0 bridgehead atoms. The molecule has 0 fully saturated rings. The molecule has 2 nitrogen and oxygen atoms in total. The first-order valence-electron chi connectivity index (χ1n) is 5.97. The molecule has 1 aliphatic carbocycles. The lowest BCUT2D eigenvalue weighted by molar-refractivity contribution is 0.609. The van der Waals surface area contributed by atoms with E-state index in [1.165, 1.54) is 49.2 Å². The summed E-state index contributed by atoms with van der Waals surface area (Å²) in [7, 11) is 2.00. The third kappa shape index (κ3) is 2.58. The Labute approximate surface area is 96.1 Å². The first kappa shape index (κ1) is 11.1. The van der Waals surface area contributed by atoms with Crippen LogP contribution < -0.4 is 5.32 Å². The van der Waals surface area contributed by atoms with Gasteiger partial charge in [-0.3, -0.25) is 0 Å².